The van der Waals surface area contributed by atoms with Gasteiger partial charge in [-0.3, -0.25) is 9.69 Å². The van der Waals surface area contributed by atoms with Crippen LogP contribution in [0.15, 0.2) is 18.2 Å². The molecule has 0 radical (unpaired) electrons. The molecular weight excluding hydrogens is 304 g/mol. The van der Waals surface area contributed by atoms with Gasteiger partial charge in [0, 0.05) is 18.2 Å². The van der Waals surface area contributed by atoms with Gasteiger partial charge >= 0.3 is 0 Å². The number of ether oxygens (including phenoxy) is 2. The minimum absolute atomic E-state index is 0.0682. The molecule has 1 heterocycles. The lowest BCUT2D eigenvalue weighted by Gasteiger charge is -2.23. The predicted octanol–water partition coefficient (Wildman–Crippen LogP) is 2.65. The second-order valence-corrected chi connectivity index (χ2v) is 5.89. The van der Waals surface area contributed by atoms with E-state index in [1.54, 1.807) is 25.3 Å². The molecular formula is C16H23ClN2O3. The highest BCUT2D eigenvalue weighted by molar-refractivity contribution is 6.31. The van der Waals surface area contributed by atoms with Gasteiger partial charge in [-0.15, -0.1) is 0 Å². The maximum absolute atomic E-state index is 12.3. The quantitative estimate of drug-likeness (QED) is 0.837. The molecule has 1 aromatic rings. The molecule has 1 aromatic carbocycles. The van der Waals surface area contributed by atoms with Gasteiger partial charge in [-0.2, -0.15) is 0 Å². The fourth-order valence-corrected chi connectivity index (χ4v) is 2.74. The molecule has 122 valence electrons. The van der Waals surface area contributed by atoms with Crippen molar-refractivity contribution in [3.8, 4) is 5.75 Å². The van der Waals surface area contributed by atoms with Crippen LogP contribution in [-0.4, -0.2) is 50.8 Å². The number of halogens is 1. The molecule has 0 spiro atoms. The highest BCUT2D eigenvalue weighted by atomic mass is 35.5. The van der Waals surface area contributed by atoms with Crippen LogP contribution in [-0.2, 0) is 9.53 Å². The third-order valence-corrected chi connectivity index (χ3v) is 4.03. The van der Waals surface area contributed by atoms with Gasteiger partial charge in [0.15, 0.2) is 0 Å². The van der Waals surface area contributed by atoms with Gasteiger partial charge in [0.05, 0.1) is 25.9 Å². The van der Waals surface area contributed by atoms with E-state index in [9.17, 15) is 4.79 Å². The summed E-state index contributed by atoms with van der Waals surface area (Å²) >= 11 is 5.97. The van der Waals surface area contributed by atoms with E-state index in [0.717, 1.165) is 32.7 Å². The maximum atomic E-state index is 12.3. The number of carbonyl (C=O) groups is 1. The minimum Gasteiger partial charge on any atom is -0.495 e. The van der Waals surface area contributed by atoms with E-state index in [2.05, 4.69) is 17.1 Å². The smallest absolute Gasteiger partial charge is 0.238 e. The molecule has 1 aliphatic rings. The molecule has 1 N–H and O–H groups in total. The van der Waals surface area contributed by atoms with Crippen LogP contribution in [0.5, 0.6) is 5.75 Å². The van der Waals surface area contributed by atoms with E-state index in [1.807, 2.05) is 0 Å². The molecule has 5 nitrogen and oxygen atoms in total. The fourth-order valence-electron chi connectivity index (χ4n) is 2.57. The molecule has 0 saturated carbocycles. The third-order valence-electron chi connectivity index (χ3n) is 3.79. The van der Waals surface area contributed by atoms with Crippen molar-refractivity contribution < 1.29 is 14.3 Å². The van der Waals surface area contributed by atoms with E-state index < -0.39 is 0 Å². The van der Waals surface area contributed by atoms with Crippen molar-refractivity contribution in [3.05, 3.63) is 23.2 Å². The Morgan fingerprint density at radius 3 is 3.00 bits per heavy atom. The zero-order valence-electron chi connectivity index (χ0n) is 13.1. The van der Waals surface area contributed by atoms with Gasteiger partial charge in [-0.1, -0.05) is 18.5 Å². The number of benzene rings is 1. The van der Waals surface area contributed by atoms with Crippen molar-refractivity contribution in [2.45, 2.75) is 13.3 Å². The second-order valence-electron chi connectivity index (χ2n) is 5.45. The first kappa shape index (κ1) is 17.1. The van der Waals surface area contributed by atoms with E-state index in [1.165, 1.54) is 0 Å². The van der Waals surface area contributed by atoms with Crippen LogP contribution in [0.2, 0.25) is 5.02 Å². The zero-order chi connectivity index (χ0) is 15.9. The van der Waals surface area contributed by atoms with E-state index in [0.29, 0.717) is 28.9 Å². The Balaban J connectivity index is 1.91. The van der Waals surface area contributed by atoms with Gasteiger partial charge < -0.3 is 14.8 Å². The molecule has 1 fully saturated rings. The van der Waals surface area contributed by atoms with E-state index in [4.69, 9.17) is 21.1 Å². The summed E-state index contributed by atoms with van der Waals surface area (Å²) in [4.78, 5) is 14.4. The summed E-state index contributed by atoms with van der Waals surface area (Å²) in [5.74, 6) is 1.06. The summed E-state index contributed by atoms with van der Waals surface area (Å²) < 4.78 is 10.6. The fraction of sp³-hybridized carbons (Fsp3) is 0.562. The van der Waals surface area contributed by atoms with Crippen molar-refractivity contribution in [2.24, 2.45) is 5.92 Å². The van der Waals surface area contributed by atoms with Gasteiger partial charge in [-0.05, 0) is 37.1 Å². The summed E-state index contributed by atoms with van der Waals surface area (Å²) in [5, 5.41) is 3.43. The Hall–Kier alpha value is -1.30. The predicted molar refractivity (Wildman–Crippen MR) is 87.7 cm³/mol. The van der Waals surface area contributed by atoms with Crippen molar-refractivity contribution >= 4 is 23.2 Å². The zero-order valence-corrected chi connectivity index (χ0v) is 13.9. The number of hydrogen-bond acceptors (Lipinski definition) is 4. The first-order valence-electron chi connectivity index (χ1n) is 7.55. The van der Waals surface area contributed by atoms with E-state index >= 15 is 0 Å². The Labute approximate surface area is 136 Å². The van der Waals surface area contributed by atoms with Gasteiger partial charge in [0.1, 0.15) is 5.75 Å². The summed E-state index contributed by atoms with van der Waals surface area (Å²) in [5.41, 5.74) is 0.597. The number of rotatable bonds is 7. The first-order chi connectivity index (χ1) is 10.6. The highest BCUT2D eigenvalue weighted by Gasteiger charge is 2.20. The maximum Gasteiger partial charge on any atom is 0.238 e. The summed E-state index contributed by atoms with van der Waals surface area (Å²) in [6.07, 6.45) is 1.07. The van der Waals surface area contributed by atoms with Crippen molar-refractivity contribution in [3.63, 3.8) is 0 Å². The van der Waals surface area contributed by atoms with Crippen molar-refractivity contribution in [1.29, 1.82) is 0 Å². The number of anilines is 1. The van der Waals surface area contributed by atoms with Gasteiger partial charge in [0.2, 0.25) is 5.91 Å². The van der Waals surface area contributed by atoms with Crippen LogP contribution in [0.4, 0.5) is 5.69 Å². The summed E-state index contributed by atoms with van der Waals surface area (Å²) in [7, 11) is 1.57. The van der Waals surface area contributed by atoms with Crippen LogP contribution >= 0.6 is 11.6 Å². The molecule has 22 heavy (non-hydrogen) atoms. The number of carbonyl (C=O) groups excluding carboxylic acids is 1. The lowest BCUT2D eigenvalue weighted by Crippen LogP contribution is -2.36. The van der Waals surface area contributed by atoms with Crippen LogP contribution < -0.4 is 10.1 Å². The van der Waals surface area contributed by atoms with Gasteiger partial charge in [-0.25, -0.2) is 0 Å². The Bertz CT molecular complexity index is 504. The van der Waals surface area contributed by atoms with Crippen molar-refractivity contribution in [1.82, 2.24) is 4.90 Å². The summed E-state index contributed by atoms with van der Waals surface area (Å²) in [6, 6.07) is 5.17. The lowest BCUT2D eigenvalue weighted by atomic mass is 10.1. The second kappa shape index (κ2) is 8.36. The van der Waals surface area contributed by atoms with Crippen molar-refractivity contribution in [2.75, 3.05) is 45.3 Å². The number of amides is 1. The molecule has 0 aliphatic carbocycles. The summed E-state index contributed by atoms with van der Waals surface area (Å²) in [6.45, 7) is 5.74. The normalized spacial score (nSPS) is 17.7. The lowest BCUT2D eigenvalue weighted by molar-refractivity contribution is -0.117. The SMILES string of the molecule is CCN(CC(=O)Nc1cc(Cl)ccc1OC)CC1CCOC1. The van der Waals surface area contributed by atoms with E-state index in [-0.39, 0.29) is 5.91 Å². The van der Waals surface area contributed by atoms with Crippen LogP contribution in [0.1, 0.15) is 13.3 Å². The average molecular weight is 327 g/mol. The Morgan fingerprint density at radius 1 is 1.55 bits per heavy atom. The van der Waals surface area contributed by atoms with Gasteiger partial charge in [0.25, 0.3) is 0 Å². The van der Waals surface area contributed by atoms with Crippen LogP contribution in [0, 0.1) is 5.92 Å². The first-order valence-corrected chi connectivity index (χ1v) is 7.93. The van der Waals surface area contributed by atoms with Crippen LogP contribution in [0.25, 0.3) is 0 Å². The minimum atomic E-state index is -0.0682. The molecule has 2 rings (SSSR count). The molecule has 0 bridgehead atoms. The molecule has 1 aliphatic heterocycles. The Morgan fingerprint density at radius 2 is 2.36 bits per heavy atom. The average Bonchev–Trinajstić information content (AvgIpc) is 2.99. The highest BCUT2D eigenvalue weighted by Crippen LogP contribution is 2.27. The third kappa shape index (κ3) is 4.87. The number of nitrogens with one attached hydrogen (secondary N) is 1. The molecule has 6 heteroatoms. The monoisotopic (exact) mass is 326 g/mol. The molecule has 0 aromatic heterocycles. The van der Waals surface area contributed by atoms with Crippen LogP contribution in [0.3, 0.4) is 0 Å². The number of likely N-dealkylation sites (N-methyl/N-ethyl adjacent to an activating group) is 1. The molecule has 1 saturated heterocycles. The topological polar surface area (TPSA) is 50.8 Å². The number of hydrogen-bond donors (Lipinski definition) is 1. The molecule has 1 unspecified atom stereocenters. The number of methoxy groups -OCH3 is 1. The number of nitrogens with zero attached hydrogens (tertiary/aromatic N) is 1. The largest absolute Gasteiger partial charge is 0.495 e. The Kier molecular flexibility index (Phi) is 6.49. The molecule has 1 atom stereocenters. The standard InChI is InChI=1S/C16H23ClN2O3/c1-3-19(9-12-6-7-22-11-12)10-16(20)18-14-8-13(17)4-5-15(14)21-2/h4-5,8,12H,3,6-7,9-11H2,1-2H3,(H,18,20). The molecule has 1 amide bonds.